The van der Waals surface area contributed by atoms with Gasteiger partial charge in [-0.05, 0) is 56.5 Å². The van der Waals surface area contributed by atoms with E-state index in [0.29, 0.717) is 0 Å². The van der Waals surface area contributed by atoms with Gasteiger partial charge in [0.15, 0.2) is 28.5 Å². The van der Waals surface area contributed by atoms with Gasteiger partial charge in [-0.2, -0.15) is 8.42 Å². The van der Waals surface area contributed by atoms with Gasteiger partial charge < -0.3 is 33.5 Å². The summed E-state index contributed by atoms with van der Waals surface area (Å²) in [6, 6.07) is 0. The quantitative estimate of drug-likeness (QED) is 0.124. The zero-order chi connectivity index (χ0) is 38.5. The molecule has 2 aliphatic heterocycles. The number of aromatic nitrogens is 2. The second kappa shape index (κ2) is 14.5. The molecular formula is C30H54N3O13PSSi2. The van der Waals surface area contributed by atoms with E-state index in [0.717, 1.165) is 14.5 Å². The lowest BCUT2D eigenvalue weighted by Gasteiger charge is -2.43. The van der Waals surface area contributed by atoms with E-state index >= 15 is 0 Å². The molecule has 1 fully saturated rings. The molecule has 0 amide bonds. The van der Waals surface area contributed by atoms with E-state index in [2.05, 4.69) is 4.74 Å². The van der Waals surface area contributed by atoms with Gasteiger partial charge in [0.05, 0.1) is 30.9 Å². The van der Waals surface area contributed by atoms with E-state index in [9.17, 15) is 32.3 Å². The van der Waals surface area contributed by atoms with E-state index < -0.39 is 82.0 Å². The lowest BCUT2D eigenvalue weighted by Crippen LogP contribution is -2.59. The van der Waals surface area contributed by atoms with Crippen LogP contribution in [-0.4, -0.2) is 82.4 Å². The third kappa shape index (κ3) is 8.47. The summed E-state index contributed by atoms with van der Waals surface area (Å²) in [4.78, 5) is 49.0. The van der Waals surface area contributed by atoms with Crippen LogP contribution >= 0.6 is 7.60 Å². The van der Waals surface area contributed by atoms with Crippen molar-refractivity contribution in [3.63, 3.8) is 0 Å². The molecule has 5 atom stereocenters. The molecule has 0 aromatic carbocycles. The maximum Gasteiger partial charge on any atom is 0.435 e. The molecule has 1 spiro atoms. The Kier molecular flexibility index (Phi) is 12.3. The molecule has 0 bridgehead atoms. The minimum Gasteiger partial charge on any atom is -0.457 e. The fourth-order valence-electron chi connectivity index (χ4n) is 5.02. The molecule has 20 heteroatoms. The van der Waals surface area contributed by atoms with Gasteiger partial charge in [-0.15, -0.1) is 0 Å². The smallest absolute Gasteiger partial charge is 0.435 e. The predicted octanol–water partition coefficient (Wildman–Crippen LogP) is 4.28. The summed E-state index contributed by atoms with van der Waals surface area (Å²) < 4.78 is 75.6. The standard InChI is InChI=1S/C30H54N3O13PSSi2/c1-13-41-27(36)47(37,38)42-16-14-15-32-24(34)20(2)17-33(26(32)35)25-23(45-50(11,12)29(6,7)8)30(21(31)19-48(39,40)46-30)22(44-25)18-43-49(9,10)28(3,4)5/h17,19,22-23,25H,13-16,18,31H2,1-12H3,(H,37,38). The summed E-state index contributed by atoms with van der Waals surface area (Å²) >= 11 is 0. The largest absolute Gasteiger partial charge is 0.457 e. The summed E-state index contributed by atoms with van der Waals surface area (Å²) in [6.07, 6.45) is -2.59. The van der Waals surface area contributed by atoms with Crippen LogP contribution in [0.3, 0.4) is 0 Å². The molecule has 1 aromatic heterocycles. The number of nitrogens with two attached hydrogens (primary N) is 1. The van der Waals surface area contributed by atoms with Crippen molar-refractivity contribution in [1.82, 2.24) is 9.13 Å². The van der Waals surface area contributed by atoms with Crippen LogP contribution in [0.2, 0.25) is 36.3 Å². The van der Waals surface area contributed by atoms with Crippen LogP contribution in [-0.2, 0) is 48.3 Å². The van der Waals surface area contributed by atoms with Crippen molar-refractivity contribution >= 4 is 40.1 Å². The maximum absolute atomic E-state index is 14.1. The van der Waals surface area contributed by atoms with E-state index in [4.69, 9.17) is 28.0 Å². The molecule has 3 heterocycles. The SMILES string of the molecule is CCOC(=O)P(=O)(O)OCCCn1c(=O)c(C)cn(C2OC(CO[Si](C)(C)C(C)(C)C)C3(OS(=O)(=O)C=C3N)C2O[Si](C)(C)C(C)(C)C)c1=O. The molecule has 0 radical (unpaired) electrons. The molecule has 3 rings (SSSR count). The Labute approximate surface area is 296 Å². The Morgan fingerprint density at radius 3 is 2.18 bits per heavy atom. The minimum absolute atomic E-state index is 0.109. The lowest BCUT2D eigenvalue weighted by atomic mass is 9.89. The third-order valence-corrected chi connectivity index (χ3v) is 21.1. The minimum atomic E-state index is -4.75. The van der Waals surface area contributed by atoms with Gasteiger partial charge in [-0.1, -0.05) is 41.5 Å². The Bertz CT molecular complexity index is 1760. The van der Waals surface area contributed by atoms with Crippen LogP contribution in [0, 0.1) is 6.92 Å². The highest BCUT2D eigenvalue weighted by molar-refractivity contribution is 7.90. The van der Waals surface area contributed by atoms with Crippen molar-refractivity contribution in [2.24, 2.45) is 5.73 Å². The summed E-state index contributed by atoms with van der Waals surface area (Å²) in [5, 5.41) is 0.220. The van der Waals surface area contributed by atoms with Gasteiger partial charge in [-0.3, -0.25) is 13.9 Å². The average molecular weight is 784 g/mol. The summed E-state index contributed by atoms with van der Waals surface area (Å²) in [5.41, 5.74) is 1.70. The van der Waals surface area contributed by atoms with Crippen molar-refractivity contribution in [2.75, 3.05) is 19.8 Å². The van der Waals surface area contributed by atoms with Gasteiger partial charge in [0.2, 0.25) is 0 Å². The topological polar surface area (TPSA) is 214 Å². The summed E-state index contributed by atoms with van der Waals surface area (Å²) in [5.74, 6) is 0. The van der Waals surface area contributed by atoms with Gasteiger partial charge in [0, 0.05) is 18.3 Å². The first-order chi connectivity index (χ1) is 22.5. The second-order valence-electron chi connectivity index (χ2n) is 15.7. The molecule has 1 saturated heterocycles. The van der Waals surface area contributed by atoms with Crippen molar-refractivity contribution in [2.45, 2.75) is 129 Å². The second-order valence-corrected chi connectivity index (χ2v) is 28.3. The van der Waals surface area contributed by atoms with Crippen LogP contribution in [0.25, 0.3) is 0 Å². The lowest BCUT2D eigenvalue weighted by molar-refractivity contribution is -0.0567. The van der Waals surface area contributed by atoms with Crippen LogP contribution in [0.15, 0.2) is 26.9 Å². The van der Waals surface area contributed by atoms with E-state index in [-0.39, 0.29) is 47.5 Å². The third-order valence-electron chi connectivity index (χ3n) is 10.0. The highest BCUT2D eigenvalue weighted by Crippen LogP contribution is 2.52. The first-order valence-corrected chi connectivity index (χ1v) is 25.3. The highest BCUT2D eigenvalue weighted by atomic mass is 32.2. The van der Waals surface area contributed by atoms with Gasteiger partial charge >= 0.3 is 19.0 Å². The van der Waals surface area contributed by atoms with Crippen molar-refractivity contribution in [3.8, 4) is 0 Å². The van der Waals surface area contributed by atoms with Crippen molar-refractivity contribution in [1.29, 1.82) is 0 Å². The summed E-state index contributed by atoms with van der Waals surface area (Å²) in [7, 11) is -14.3. The zero-order valence-electron chi connectivity index (χ0n) is 31.1. The fourth-order valence-corrected chi connectivity index (χ4v) is 9.30. The Morgan fingerprint density at radius 1 is 1.10 bits per heavy atom. The Morgan fingerprint density at radius 2 is 1.68 bits per heavy atom. The monoisotopic (exact) mass is 783 g/mol. The summed E-state index contributed by atoms with van der Waals surface area (Å²) in [6.45, 7) is 22.1. The van der Waals surface area contributed by atoms with Crippen molar-refractivity contribution in [3.05, 3.63) is 43.7 Å². The molecule has 5 unspecified atom stereocenters. The van der Waals surface area contributed by atoms with Crippen molar-refractivity contribution < 1.29 is 49.7 Å². The Balaban J connectivity index is 2.16. The highest BCUT2D eigenvalue weighted by Gasteiger charge is 2.67. The fraction of sp³-hybridized carbons (Fsp3) is 0.767. The predicted molar refractivity (Wildman–Crippen MR) is 191 cm³/mol. The first-order valence-electron chi connectivity index (χ1n) is 16.4. The Hall–Kier alpha value is -1.94. The van der Waals surface area contributed by atoms with E-state index in [1.54, 1.807) is 0 Å². The molecule has 0 saturated carbocycles. The number of hydrogen-bond acceptors (Lipinski definition) is 13. The molecule has 0 aliphatic carbocycles. The maximum atomic E-state index is 14.1. The van der Waals surface area contributed by atoms with Gasteiger partial charge in [0.1, 0.15) is 12.2 Å². The number of carbonyl (C=O) groups is 1. The van der Waals surface area contributed by atoms with Crippen LogP contribution in [0.5, 0.6) is 0 Å². The number of nitrogens with zero attached hydrogens (tertiary/aromatic N) is 2. The van der Waals surface area contributed by atoms with Gasteiger partial charge in [-0.25, -0.2) is 18.3 Å². The number of aryl methyl sites for hydroxylation is 1. The van der Waals surface area contributed by atoms with Crippen LogP contribution in [0.4, 0.5) is 4.79 Å². The van der Waals surface area contributed by atoms with Crippen LogP contribution in [0.1, 0.15) is 66.7 Å². The normalized spacial score (nSPS) is 25.5. The molecule has 16 nitrogen and oxygen atoms in total. The van der Waals surface area contributed by atoms with Crippen LogP contribution < -0.4 is 17.0 Å². The average Bonchev–Trinajstić information content (AvgIpc) is 3.38. The molecular weight excluding hydrogens is 730 g/mol. The molecule has 50 heavy (non-hydrogen) atoms. The number of carbonyl (C=O) groups excluding carboxylic acids is 1. The number of rotatable bonds is 13. The van der Waals surface area contributed by atoms with Gasteiger partial charge in [0.25, 0.3) is 15.7 Å². The first kappa shape index (κ1) is 42.5. The van der Waals surface area contributed by atoms with E-state index in [1.165, 1.54) is 20.0 Å². The molecule has 1 aromatic rings. The number of hydrogen-bond donors (Lipinski definition) is 2. The van der Waals surface area contributed by atoms with E-state index in [1.807, 2.05) is 67.7 Å². The number of ether oxygens (including phenoxy) is 2. The zero-order valence-corrected chi connectivity index (χ0v) is 34.8. The molecule has 2 aliphatic rings. The molecule has 3 N–H and O–H groups in total. The molecule has 286 valence electrons.